The normalized spacial score (nSPS) is 18.9. The van der Waals surface area contributed by atoms with Crippen LogP contribution in [0.3, 0.4) is 0 Å². The molecule has 0 spiro atoms. The van der Waals surface area contributed by atoms with E-state index in [4.69, 9.17) is 0 Å². The Kier molecular flexibility index (Phi) is 2.82. The van der Waals surface area contributed by atoms with Gasteiger partial charge in [-0.1, -0.05) is 18.2 Å². The Morgan fingerprint density at radius 1 is 1.19 bits per heavy atom. The largest absolute Gasteiger partial charge is 0.361 e. The first-order valence-corrected chi connectivity index (χ1v) is 7.25. The van der Waals surface area contributed by atoms with Crippen LogP contribution in [-0.4, -0.2) is 23.5 Å². The fraction of sp³-hybridized carbons (Fsp3) is 0.222. The van der Waals surface area contributed by atoms with Crippen molar-refractivity contribution in [1.82, 2.24) is 9.88 Å². The highest BCUT2D eigenvalue weighted by Gasteiger charge is 2.26. The van der Waals surface area contributed by atoms with Crippen LogP contribution in [0.5, 0.6) is 0 Å². The number of rotatable bonds is 1. The predicted molar refractivity (Wildman–Crippen MR) is 82.9 cm³/mol. The molecule has 1 atom stereocenters. The number of nitrogens with one attached hydrogen (secondary N) is 1. The molecule has 2 heterocycles. The highest BCUT2D eigenvalue weighted by molar-refractivity contribution is 5.84. The van der Waals surface area contributed by atoms with Crippen LogP contribution in [-0.2, 0) is 6.54 Å². The molecule has 0 amide bonds. The minimum atomic E-state index is -0.162. The van der Waals surface area contributed by atoms with Crippen molar-refractivity contribution in [2.75, 3.05) is 13.6 Å². The zero-order valence-electron chi connectivity index (χ0n) is 11.9. The van der Waals surface area contributed by atoms with Crippen LogP contribution in [0, 0.1) is 5.82 Å². The van der Waals surface area contributed by atoms with Crippen molar-refractivity contribution in [3.8, 4) is 0 Å². The average molecular weight is 280 g/mol. The van der Waals surface area contributed by atoms with Gasteiger partial charge in [-0.3, -0.25) is 0 Å². The van der Waals surface area contributed by atoms with Gasteiger partial charge in [0.1, 0.15) is 5.82 Å². The summed E-state index contributed by atoms with van der Waals surface area (Å²) in [5.41, 5.74) is 4.90. The minimum Gasteiger partial charge on any atom is -0.361 e. The van der Waals surface area contributed by atoms with E-state index in [0.29, 0.717) is 0 Å². The Hall–Kier alpha value is -2.13. The number of aromatic nitrogens is 1. The molecule has 1 N–H and O–H groups in total. The number of halogens is 1. The zero-order valence-corrected chi connectivity index (χ0v) is 11.9. The summed E-state index contributed by atoms with van der Waals surface area (Å²) in [5.74, 6) is 0.0683. The lowest BCUT2D eigenvalue weighted by molar-refractivity contribution is 0.296. The number of fused-ring (bicyclic) bond motifs is 3. The topological polar surface area (TPSA) is 19.0 Å². The van der Waals surface area contributed by atoms with Gasteiger partial charge in [-0.15, -0.1) is 0 Å². The molecule has 1 aliphatic heterocycles. The van der Waals surface area contributed by atoms with Crippen LogP contribution < -0.4 is 0 Å². The van der Waals surface area contributed by atoms with E-state index in [-0.39, 0.29) is 11.7 Å². The van der Waals surface area contributed by atoms with Gasteiger partial charge in [0.15, 0.2) is 0 Å². The van der Waals surface area contributed by atoms with Crippen LogP contribution in [0.15, 0.2) is 48.7 Å². The van der Waals surface area contributed by atoms with Crippen LogP contribution in [0.25, 0.3) is 10.9 Å². The lowest BCUT2D eigenvalue weighted by atomic mass is 9.83. The number of H-pyrrole nitrogens is 1. The van der Waals surface area contributed by atoms with Gasteiger partial charge in [-0.2, -0.15) is 0 Å². The van der Waals surface area contributed by atoms with Gasteiger partial charge in [0.2, 0.25) is 0 Å². The van der Waals surface area contributed by atoms with Crippen molar-refractivity contribution >= 4 is 10.9 Å². The Morgan fingerprint density at radius 2 is 2.10 bits per heavy atom. The van der Waals surface area contributed by atoms with Crippen molar-refractivity contribution in [2.45, 2.75) is 12.5 Å². The van der Waals surface area contributed by atoms with Crippen LogP contribution in [0.2, 0.25) is 0 Å². The Labute approximate surface area is 123 Å². The van der Waals surface area contributed by atoms with Crippen molar-refractivity contribution in [2.24, 2.45) is 0 Å². The Balaban J connectivity index is 1.91. The quantitative estimate of drug-likeness (QED) is 0.716. The first kappa shape index (κ1) is 12.6. The molecule has 1 unspecified atom stereocenters. The summed E-state index contributed by atoms with van der Waals surface area (Å²) < 4.78 is 13.6. The molecule has 1 aromatic heterocycles. The number of benzene rings is 2. The second-order valence-electron chi connectivity index (χ2n) is 5.88. The van der Waals surface area contributed by atoms with E-state index in [1.54, 1.807) is 12.1 Å². The lowest BCUT2D eigenvalue weighted by Gasteiger charge is -2.33. The average Bonchev–Trinajstić information content (AvgIpc) is 2.95. The van der Waals surface area contributed by atoms with E-state index >= 15 is 0 Å². The molecule has 1 aliphatic rings. The maximum Gasteiger partial charge on any atom is 0.123 e. The second kappa shape index (κ2) is 4.71. The van der Waals surface area contributed by atoms with Gasteiger partial charge >= 0.3 is 0 Å². The zero-order chi connectivity index (χ0) is 14.4. The minimum absolute atomic E-state index is 0.162. The summed E-state index contributed by atoms with van der Waals surface area (Å²) in [6.07, 6.45) is 1.98. The van der Waals surface area contributed by atoms with Crippen molar-refractivity contribution in [1.29, 1.82) is 0 Å². The molecule has 2 aromatic carbocycles. The molecule has 0 saturated carbocycles. The van der Waals surface area contributed by atoms with E-state index < -0.39 is 0 Å². The molecule has 0 aliphatic carbocycles. The molecule has 0 saturated heterocycles. The van der Waals surface area contributed by atoms with Crippen molar-refractivity contribution in [3.05, 3.63) is 71.2 Å². The fourth-order valence-electron chi connectivity index (χ4n) is 3.47. The van der Waals surface area contributed by atoms with Gasteiger partial charge in [0, 0.05) is 36.1 Å². The van der Waals surface area contributed by atoms with Gasteiger partial charge in [0.05, 0.1) is 0 Å². The summed E-state index contributed by atoms with van der Waals surface area (Å²) in [7, 11) is 2.13. The molecule has 0 radical (unpaired) electrons. The highest BCUT2D eigenvalue weighted by Crippen LogP contribution is 2.36. The van der Waals surface area contributed by atoms with Gasteiger partial charge in [0.25, 0.3) is 0 Å². The van der Waals surface area contributed by atoms with E-state index in [1.165, 1.54) is 28.1 Å². The third-order valence-electron chi connectivity index (χ3n) is 4.43. The molecule has 2 nitrogen and oxygen atoms in total. The molecule has 3 aromatic rings. The molecule has 106 valence electrons. The standard InChI is InChI=1S/C18H17FN2/c1-21-10-16(12-3-2-4-13(19)9-12)14-5-6-18-15(7-8-20-18)17(14)11-21/h2-9,16,20H,10-11H2,1H3. The summed E-state index contributed by atoms with van der Waals surface area (Å²) in [6.45, 7) is 1.86. The van der Waals surface area contributed by atoms with Gasteiger partial charge < -0.3 is 9.88 Å². The van der Waals surface area contributed by atoms with Gasteiger partial charge in [-0.05, 0) is 48.0 Å². The monoisotopic (exact) mass is 280 g/mol. The maximum atomic E-state index is 13.6. The smallest absolute Gasteiger partial charge is 0.123 e. The highest BCUT2D eigenvalue weighted by atomic mass is 19.1. The molecular formula is C18H17FN2. The van der Waals surface area contributed by atoms with E-state index in [1.807, 2.05) is 12.3 Å². The molecule has 0 fully saturated rings. The first-order valence-electron chi connectivity index (χ1n) is 7.25. The van der Waals surface area contributed by atoms with Crippen LogP contribution in [0.4, 0.5) is 4.39 Å². The third kappa shape index (κ3) is 2.05. The summed E-state index contributed by atoms with van der Waals surface area (Å²) >= 11 is 0. The van der Waals surface area contributed by atoms with Crippen molar-refractivity contribution < 1.29 is 4.39 Å². The predicted octanol–water partition coefficient (Wildman–Crippen LogP) is 3.88. The second-order valence-corrected chi connectivity index (χ2v) is 5.88. The van der Waals surface area contributed by atoms with Crippen LogP contribution >= 0.6 is 0 Å². The number of likely N-dealkylation sites (N-methyl/N-ethyl adjacent to an activating group) is 1. The molecule has 21 heavy (non-hydrogen) atoms. The Bertz CT molecular complexity index is 806. The maximum absolute atomic E-state index is 13.6. The molecule has 0 bridgehead atoms. The summed E-state index contributed by atoms with van der Waals surface area (Å²) in [4.78, 5) is 5.58. The summed E-state index contributed by atoms with van der Waals surface area (Å²) in [5, 5.41) is 1.28. The molecular weight excluding hydrogens is 263 g/mol. The number of hydrogen-bond donors (Lipinski definition) is 1. The van der Waals surface area contributed by atoms with Crippen LogP contribution in [0.1, 0.15) is 22.6 Å². The third-order valence-corrected chi connectivity index (χ3v) is 4.43. The lowest BCUT2D eigenvalue weighted by Crippen LogP contribution is -2.31. The van der Waals surface area contributed by atoms with Crippen molar-refractivity contribution in [3.63, 3.8) is 0 Å². The summed E-state index contributed by atoms with van der Waals surface area (Å²) in [6, 6.07) is 13.4. The number of nitrogens with zero attached hydrogens (tertiary/aromatic N) is 1. The number of aromatic amines is 1. The SMILES string of the molecule is CN1Cc2c(ccc3[nH]ccc23)C(c2cccc(F)c2)C1. The van der Waals surface area contributed by atoms with E-state index in [0.717, 1.165) is 18.7 Å². The molecule has 4 rings (SSSR count). The number of hydrogen-bond acceptors (Lipinski definition) is 1. The van der Waals surface area contributed by atoms with E-state index in [9.17, 15) is 4.39 Å². The molecule has 3 heteroatoms. The van der Waals surface area contributed by atoms with E-state index in [2.05, 4.69) is 35.1 Å². The first-order chi connectivity index (χ1) is 10.2. The fourth-order valence-corrected chi connectivity index (χ4v) is 3.47. The Morgan fingerprint density at radius 3 is 2.95 bits per heavy atom. The van der Waals surface area contributed by atoms with Gasteiger partial charge in [-0.25, -0.2) is 4.39 Å².